The molecule has 28 heavy (non-hydrogen) atoms. The molecule has 0 spiro atoms. The van der Waals surface area contributed by atoms with Gasteiger partial charge in [0.05, 0.1) is 13.3 Å². The lowest BCUT2D eigenvalue weighted by atomic mass is 10.2. The molecule has 2 heterocycles. The van der Waals surface area contributed by atoms with Gasteiger partial charge in [0.25, 0.3) is 5.56 Å². The summed E-state index contributed by atoms with van der Waals surface area (Å²) in [7, 11) is 1.61. The summed E-state index contributed by atoms with van der Waals surface area (Å²) in [5.41, 5.74) is 3.17. The van der Waals surface area contributed by atoms with E-state index in [9.17, 15) is 4.79 Å². The maximum atomic E-state index is 12.8. The van der Waals surface area contributed by atoms with E-state index in [1.165, 1.54) is 22.3 Å². The van der Waals surface area contributed by atoms with Crippen LogP contribution in [-0.4, -0.2) is 27.6 Å². The predicted octanol–water partition coefficient (Wildman–Crippen LogP) is 4.18. The summed E-state index contributed by atoms with van der Waals surface area (Å²) in [6, 6.07) is 15.3. The van der Waals surface area contributed by atoms with Crippen molar-refractivity contribution in [1.29, 1.82) is 0 Å². The largest absolute Gasteiger partial charge is 0.497 e. The van der Waals surface area contributed by atoms with Crippen molar-refractivity contribution < 1.29 is 4.74 Å². The molecule has 0 bridgehead atoms. The highest BCUT2D eigenvalue weighted by molar-refractivity contribution is 7.73. The summed E-state index contributed by atoms with van der Waals surface area (Å²) >= 11 is 6.72. The van der Waals surface area contributed by atoms with Gasteiger partial charge in [0, 0.05) is 5.69 Å². The third kappa shape index (κ3) is 3.39. The summed E-state index contributed by atoms with van der Waals surface area (Å²) < 4.78 is 9.21. The first-order valence-electron chi connectivity index (χ1n) is 8.45. The second-order valence-electron chi connectivity index (χ2n) is 6.10. The second kappa shape index (κ2) is 7.49. The Morgan fingerprint density at radius 3 is 2.54 bits per heavy atom. The molecule has 0 radical (unpaired) electrons. The first-order chi connectivity index (χ1) is 13.6. The Morgan fingerprint density at radius 2 is 1.86 bits per heavy atom. The maximum Gasteiger partial charge on any atom is 0.293 e. The van der Waals surface area contributed by atoms with E-state index in [1.54, 1.807) is 13.3 Å². The van der Waals surface area contributed by atoms with Crippen molar-refractivity contribution in [3.8, 4) is 11.4 Å². The van der Waals surface area contributed by atoms with E-state index in [4.69, 9.17) is 17.0 Å². The van der Waals surface area contributed by atoms with Gasteiger partial charge in [0.2, 0.25) is 0 Å². The highest BCUT2D eigenvalue weighted by atomic mass is 32.1. The van der Waals surface area contributed by atoms with E-state index in [0.29, 0.717) is 14.3 Å². The molecule has 0 saturated carbocycles. The van der Waals surface area contributed by atoms with Gasteiger partial charge < -0.3 is 4.74 Å². The van der Waals surface area contributed by atoms with E-state index in [2.05, 4.69) is 10.1 Å². The quantitative estimate of drug-likeness (QED) is 0.375. The minimum atomic E-state index is -0.253. The van der Waals surface area contributed by atoms with E-state index < -0.39 is 0 Å². The van der Waals surface area contributed by atoms with Gasteiger partial charge in [-0.25, -0.2) is 4.98 Å². The van der Waals surface area contributed by atoms with Crippen molar-refractivity contribution in [2.24, 2.45) is 5.10 Å². The zero-order valence-electron chi connectivity index (χ0n) is 15.2. The van der Waals surface area contributed by atoms with Crippen molar-refractivity contribution in [2.45, 2.75) is 6.92 Å². The fourth-order valence-corrected chi connectivity index (χ4v) is 4.03. The highest BCUT2D eigenvalue weighted by Gasteiger charge is 2.13. The van der Waals surface area contributed by atoms with Crippen molar-refractivity contribution in [1.82, 2.24) is 14.2 Å². The summed E-state index contributed by atoms with van der Waals surface area (Å²) in [6.45, 7) is 2.02. The topological polar surface area (TPSA) is 61.4 Å². The molecule has 0 aliphatic heterocycles. The molecule has 0 aliphatic carbocycles. The third-order valence-corrected chi connectivity index (χ3v) is 5.57. The Morgan fingerprint density at radius 1 is 1.14 bits per heavy atom. The third-order valence-electron chi connectivity index (χ3n) is 4.22. The van der Waals surface area contributed by atoms with Crippen LogP contribution in [0.4, 0.5) is 0 Å². The van der Waals surface area contributed by atoms with Crippen LogP contribution < -0.4 is 10.3 Å². The normalized spacial score (nSPS) is 11.4. The molecule has 0 aliphatic rings. The molecule has 0 fully saturated rings. The SMILES string of the molecule is COc1ccc(/C=N/n2cnc3c(sc(=S)n3-c3ccc(C)cc3)c2=O)cc1. The second-order valence-corrected chi connectivity index (χ2v) is 7.75. The fraction of sp³-hybridized carbons (Fsp3) is 0.100. The van der Waals surface area contributed by atoms with Crippen LogP contribution in [0.2, 0.25) is 0 Å². The average Bonchev–Trinajstić information content (AvgIpc) is 3.05. The monoisotopic (exact) mass is 408 g/mol. The highest BCUT2D eigenvalue weighted by Crippen LogP contribution is 2.22. The molecule has 0 N–H and O–H groups in total. The van der Waals surface area contributed by atoms with Gasteiger partial charge >= 0.3 is 0 Å². The predicted molar refractivity (Wildman–Crippen MR) is 115 cm³/mol. The lowest BCUT2D eigenvalue weighted by Crippen LogP contribution is -2.16. The summed E-state index contributed by atoms with van der Waals surface area (Å²) in [5, 5.41) is 4.24. The van der Waals surface area contributed by atoms with Gasteiger partial charge in [0.15, 0.2) is 9.60 Å². The van der Waals surface area contributed by atoms with E-state index >= 15 is 0 Å². The van der Waals surface area contributed by atoms with Crippen molar-refractivity contribution in [3.63, 3.8) is 0 Å². The number of fused-ring (bicyclic) bond motifs is 1. The number of hydrogen-bond donors (Lipinski definition) is 0. The van der Waals surface area contributed by atoms with Crippen molar-refractivity contribution in [3.05, 3.63) is 80.3 Å². The van der Waals surface area contributed by atoms with Crippen molar-refractivity contribution in [2.75, 3.05) is 7.11 Å². The Kier molecular flexibility index (Phi) is 4.89. The number of thiazole rings is 1. The molecule has 6 nitrogen and oxygen atoms in total. The molecule has 0 amide bonds. The molecule has 0 saturated heterocycles. The summed E-state index contributed by atoms with van der Waals surface area (Å²) in [6.07, 6.45) is 3.02. The van der Waals surface area contributed by atoms with E-state index in [0.717, 1.165) is 22.6 Å². The molecule has 4 rings (SSSR count). The minimum Gasteiger partial charge on any atom is -0.497 e. The first-order valence-corrected chi connectivity index (χ1v) is 9.68. The van der Waals surface area contributed by atoms with Crippen LogP contribution in [0, 0.1) is 10.9 Å². The van der Waals surface area contributed by atoms with Gasteiger partial charge in [-0.1, -0.05) is 29.0 Å². The molecule has 4 aromatic rings. The van der Waals surface area contributed by atoms with Crippen LogP contribution in [0.15, 0.2) is 64.8 Å². The summed E-state index contributed by atoms with van der Waals surface area (Å²) in [4.78, 5) is 17.3. The Balaban J connectivity index is 1.75. The Bertz CT molecular complexity index is 1280. The van der Waals surface area contributed by atoms with Gasteiger partial charge in [-0.05, 0) is 61.1 Å². The van der Waals surface area contributed by atoms with Crippen LogP contribution in [0.25, 0.3) is 16.0 Å². The number of aromatic nitrogens is 3. The molecule has 0 unspecified atom stereocenters. The van der Waals surface area contributed by atoms with Crippen molar-refractivity contribution >= 4 is 40.1 Å². The Hall–Kier alpha value is -3.10. The molecule has 2 aromatic heterocycles. The zero-order valence-corrected chi connectivity index (χ0v) is 16.8. The molecular formula is C20H16N4O2S2. The number of ether oxygens (including phenoxy) is 1. The zero-order chi connectivity index (χ0) is 19.7. The van der Waals surface area contributed by atoms with Gasteiger partial charge in [-0.15, -0.1) is 0 Å². The van der Waals surface area contributed by atoms with Crippen LogP contribution in [0.5, 0.6) is 5.75 Å². The first kappa shape index (κ1) is 18.3. The number of methoxy groups -OCH3 is 1. The number of nitrogens with zero attached hydrogens (tertiary/aromatic N) is 4. The standard InChI is InChI=1S/C20H16N4O2S2/c1-13-3-7-15(8-4-13)24-18-17(28-20(24)27)19(25)23(12-21-18)22-11-14-5-9-16(26-2)10-6-14/h3-12H,1-2H3/b22-11+. The van der Waals surface area contributed by atoms with Crippen LogP contribution in [-0.2, 0) is 0 Å². The minimum absolute atomic E-state index is 0.253. The molecular weight excluding hydrogens is 392 g/mol. The average molecular weight is 409 g/mol. The molecule has 2 aromatic carbocycles. The van der Waals surface area contributed by atoms with Gasteiger partial charge in [-0.3, -0.25) is 9.36 Å². The smallest absolute Gasteiger partial charge is 0.293 e. The van der Waals surface area contributed by atoms with Crippen LogP contribution >= 0.6 is 23.6 Å². The molecule has 0 atom stereocenters. The Labute approximate surface area is 170 Å². The lowest BCUT2D eigenvalue weighted by molar-refractivity contribution is 0.415. The number of aryl methyl sites for hydroxylation is 1. The number of benzene rings is 2. The van der Waals surface area contributed by atoms with Crippen LogP contribution in [0.1, 0.15) is 11.1 Å². The maximum absolute atomic E-state index is 12.8. The lowest BCUT2D eigenvalue weighted by Gasteiger charge is -2.05. The number of hydrogen-bond acceptors (Lipinski definition) is 6. The summed E-state index contributed by atoms with van der Waals surface area (Å²) in [5.74, 6) is 0.759. The molecule has 140 valence electrons. The van der Waals surface area contributed by atoms with E-state index in [1.807, 2.05) is 60.0 Å². The van der Waals surface area contributed by atoms with Crippen LogP contribution in [0.3, 0.4) is 0 Å². The van der Waals surface area contributed by atoms with Gasteiger partial charge in [0.1, 0.15) is 16.8 Å². The van der Waals surface area contributed by atoms with E-state index in [-0.39, 0.29) is 5.56 Å². The number of rotatable bonds is 4. The molecule has 8 heteroatoms. The van der Waals surface area contributed by atoms with Gasteiger partial charge in [-0.2, -0.15) is 9.78 Å². The fourth-order valence-electron chi connectivity index (χ4n) is 2.71.